The van der Waals surface area contributed by atoms with Crippen LogP contribution in [0, 0.1) is 26.2 Å². The van der Waals surface area contributed by atoms with Crippen molar-refractivity contribution in [3.05, 3.63) is 62.5 Å². The standard InChI is InChI=1S/C38H55ClN6O9S/c1-25-26(2)55-36-33(25)34(28-7-9-29(39)10-8-28)42-30(35-44-43-27(3)45(35)36)23-32(46)41-11-12-48-13-14-49-15-16-50-17-18-51-19-20-52-21-22-53-24-31(38(4,5)6)54-37(40)47/h7-10,30-31H,11-24H2,1-6H3,(H2,40,47)(H,41,46)/t30?,31-/m1/s1. The van der Waals surface area contributed by atoms with Gasteiger partial charge in [-0.15, -0.1) is 21.5 Å². The summed E-state index contributed by atoms with van der Waals surface area (Å²) in [5.74, 6) is 1.22. The van der Waals surface area contributed by atoms with Crippen molar-refractivity contribution >= 4 is 40.6 Å². The zero-order chi connectivity index (χ0) is 39.8. The van der Waals surface area contributed by atoms with Crippen molar-refractivity contribution in [1.82, 2.24) is 20.1 Å². The molecule has 4 rings (SSSR count). The van der Waals surface area contributed by atoms with Crippen LogP contribution in [0.15, 0.2) is 29.3 Å². The van der Waals surface area contributed by atoms with Crippen molar-refractivity contribution in [2.75, 3.05) is 85.8 Å². The van der Waals surface area contributed by atoms with Crippen LogP contribution in [-0.2, 0) is 38.0 Å². The molecule has 1 aliphatic heterocycles. The van der Waals surface area contributed by atoms with E-state index >= 15 is 0 Å². The number of aliphatic imine (C=N–C) groups is 1. The number of primary amides is 1. The number of nitrogens with zero attached hydrogens (tertiary/aromatic N) is 4. The number of carbonyl (C=O) groups excluding carboxylic acids is 2. The Morgan fingerprint density at radius 3 is 1.95 bits per heavy atom. The van der Waals surface area contributed by atoms with Gasteiger partial charge in [-0.25, -0.2) is 4.79 Å². The van der Waals surface area contributed by atoms with E-state index in [0.29, 0.717) is 90.1 Å². The average Bonchev–Trinajstić information content (AvgIpc) is 3.61. The van der Waals surface area contributed by atoms with Crippen molar-refractivity contribution in [2.24, 2.45) is 16.1 Å². The summed E-state index contributed by atoms with van der Waals surface area (Å²) in [4.78, 5) is 30.5. The van der Waals surface area contributed by atoms with Crippen LogP contribution in [0.5, 0.6) is 0 Å². The number of rotatable bonds is 24. The molecular formula is C38H55ClN6O9S. The lowest BCUT2D eigenvalue weighted by Gasteiger charge is -2.29. The molecule has 55 heavy (non-hydrogen) atoms. The van der Waals surface area contributed by atoms with Gasteiger partial charge in [0.15, 0.2) is 5.82 Å². The molecule has 2 amide bonds. The molecule has 0 fully saturated rings. The third kappa shape index (κ3) is 13.9. The summed E-state index contributed by atoms with van der Waals surface area (Å²) in [5.41, 5.74) is 8.74. The van der Waals surface area contributed by atoms with Gasteiger partial charge in [-0.2, -0.15) is 0 Å². The van der Waals surface area contributed by atoms with Crippen LogP contribution in [0.3, 0.4) is 0 Å². The molecule has 2 atom stereocenters. The van der Waals surface area contributed by atoms with Crippen LogP contribution in [0.4, 0.5) is 4.79 Å². The lowest BCUT2D eigenvalue weighted by molar-refractivity contribution is -0.121. The van der Waals surface area contributed by atoms with E-state index < -0.39 is 18.2 Å². The Morgan fingerprint density at radius 1 is 0.855 bits per heavy atom. The lowest BCUT2D eigenvalue weighted by Crippen LogP contribution is -2.37. The molecule has 304 valence electrons. The second kappa shape index (κ2) is 22.3. The van der Waals surface area contributed by atoms with Gasteiger partial charge in [0.05, 0.1) is 91.4 Å². The number of fused-ring (bicyclic) bond motifs is 3. The molecular weight excluding hydrogens is 752 g/mol. The zero-order valence-corrected chi connectivity index (χ0v) is 34.3. The van der Waals surface area contributed by atoms with Gasteiger partial charge in [0.1, 0.15) is 23.0 Å². The molecule has 2 aromatic heterocycles. The third-order valence-corrected chi connectivity index (χ3v) is 10.1. The van der Waals surface area contributed by atoms with Crippen LogP contribution >= 0.6 is 22.9 Å². The molecule has 0 aliphatic carbocycles. The molecule has 0 saturated carbocycles. The Morgan fingerprint density at radius 2 is 1.40 bits per heavy atom. The normalized spacial score (nSPS) is 14.5. The van der Waals surface area contributed by atoms with Gasteiger partial charge in [-0.05, 0) is 38.5 Å². The average molecular weight is 807 g/mol. The number of amides is 2. The maximum absolute atomic E-state index is 13.1. The molecule has 17 heteroatoms. The van der Waals surface area contributed by atoms with Gasteiger partial charge >= 0.3 is 6.09 Å². The second-order valence-electron chi connectivity index (χ2n) is 13.9. The summed E-state index contributed by atoms with van der Waals surface area (Å²) in [5, 5.41) is 13.4. The highest BCUT2D eigenvalue weighted by atomic mass is 35.5. The highest BCUT2D eigenvalue weighted by Crippen LogP contribution is 2.39. The fraction of sp³-hybridized carbons (Fsp3) is 0.605. The number of benzene rings is 1. The zero-order valence-electron chi connectivity index (χ0n) is 32.7. The predicted molar refractivity (Wildman–Crippen MR) is 210 cm³/mol. The van der Waals surface area contributed by atoms with Gasteiger partial charge in [0.25, 0.3) is 0 Å². The molecule has 1 aliphatic rings. The number of aromatic nitrogens is 3. The minimum atomic E-state index is -0.815. The summed E-state index contributed by atoms with van der Waals surface area (Å²) in [6, 6.07) is 7.07. The molecule has 3 N–H and O–H groups in total. The Balaban J connectivity index is 1.04. The molecule has 3 aromatic rings. The number of aryl methyl sites for hydroxylation is 2. The maximum atomic E-state index is 13.1. The van der Waals surface area contributed by atoms with Crippen molar-refractivity contribution in [3.8, 4) is 5.00 Å². The quantitative estimate of drug-likeness (QED) is 0.117. The molecule has 0 saturated heterocycles. The molecule has 3 heterocycles. The Bertz CT molecular complexity index is 1690. The van der Waals surface area contributed by atoms with Crippen LogP contribution in [0.1, 0.15) is 66.5 Å². The van der Waals surface area contributed by atoms with Gasteiger partial charge in [0, 0.05) is 33.0 Å². The van der Waals surface area contributed by atoms with Crippen LogP contribution < -0.4 is 11.1 Å². The van der Waals surface area contributed by atoms with Crippen molar-refractivity contribution in [2.45, 2.75) is 60.1 Å². The molecule has 1 aromatic carbocycles. The number of nitrogens with one attached hydrogen (secondary N) is 1. The number of carbonyl (C=O) groups is 2. The largest absolute Gasteiger partial charge is 0.443 e. The molecule has 1 unspecified atom stereocenters. The maximum Gasteiger partial charge on any atom is 0.404 e. The number of hydrogen-bond donors (Lipinski definition) is 2. The van der Waals surface area contributed by atoms with Crippen molar-refractivity contribution in [3.63, 3.8) is 0 Å². The third-order valence-electron chi connectivity index (χ3n) is 8.66. The number of hydrogen-bond acceptors (Lipinski definition) is 13. The summed E-state index contributed by atoms with van der Waals surface area (Å²) in [6.45, 7) is 17.1. The fourth-order valence-electron chi connectivity index (χ4n) is 5.53. The van der Waals surface area contributed by atoms with Crippen LogP contribution in [-0.4, -0.2) is 124 Å². The number of nitrogens with two attached hydrogens (primary N) is 1. The summed E-state index contributed by atoms with van der Waals surface area (Å²) < 4.78 is 40.4. The van der Waals surface area contributed by atoms with E-state index in [1.54, 1.807) is 11.3 Å². The molecule has 0 spiro atoms. The van der Waals surface area contributed by atoms with E-state index in [2.05, 4.69) is 29.4 Å². The minimum Gasteiger partial charge on any atom is -0.443 e. The first-order chi connectivity index (χ1) is 26.4. The van der Waals surface area contributed by atoms with E-state index in [-0.39, 0.29) is 24.3 Å². The highest BCUT2D eigenvalue weighted by Gasteiger charge is 2.32. The van der Waals surface area contributed by atoms with E-state index in [4.69, 9.17) is 55.5 Å². The molecule has 0 bridgehead atoms. The predicted octanol–water partition coefficient (Wildman–Crippen LogP) is 4.92. The van der Waals surface area contributed by atoms with E-state index in [9.17, 15) is 9.59 Å². The van der Waals surface area contributed by atoms with Crippen LogP contribution in [0.2, 0.25) is 5.02 Å². The van der Waals surface area contributed by atoms with E-state index in [0.717, 1.165) is 33.2 Å². The first kappa shape index (κ1) is 44.2. The van der Waals surface area contributed by atoms with Crippen LogP contribution in [0.25, 0.3) is 5.00 Å². The van der Waals surface area contributed by atoms with E-state index in [1.165, 1.54) is 4.88 Å². The second-order valence-corrected chi connectivity index (χ2v) is 15.5. The SMILES string of the molecule is Cc1sc2c(c1C)C(c1ccc(Cl)cc1)=NC(CC(=O)NCCOCCOCCOCCOCCOCCOC[C@@H](OC(N)=O)C(C)(C)C)c1nnc(C)n1-2. The van der Waals surface area contributed by atoms with Gasteiger partial charge < -0.3 is 44.2 Å². The number of halogens is 1. The molecule has 0 radical (unpaired) electrons. The summed E-state index contributed by atoms with van der Waals surface area (Å²) >= 11 is 7.88. The highest BCUT2D eigenvalue weighted by molar-refractivity contribution is 7.15. The number of thiophene rings is 1. The Labute approximate surface area is 332 Å². The fourth-order valence-corrected chi connectivity index (χ4v) is 6.87. The van der Waals surface area contributed by atoms with Crippen molar-refractivity contribution in [1.29, 1.82) is 0 Å². The minimum absolute atomic E-state index is 0.107. The Kier molecular flexibility index (Phi) is 17.9. The topological polar surface area (TPSA) is 180 Å². The Hall–Kier alpha value is -3.48. The first-order valence-corrected chi connectivity index (χ1v) is 19.6. The summed E-state index contributed by atoms with van der Waals surface area (Å²) in [6.07, 6.45) is -1.14. The number of ether oxygens (including phenoxy) is 7. The lowest BCUT2D eigenvalue weighted by atomic mass is 9.89. The first-order valence-electron chi connectivity index (χ1n) is 18.4. The summed E-state index contributed by atoms with van der Waals surface area (Å²) in [7, 11) is 0. The van der Waals surface area contributed by atoms with Gasteiger partial charge in [-0.1, -0.05) is 44.5 Å². The van der Waals surface area contributed by atoms with E-state index in [1.807, 2.05) is 56.5 Å². The smallest absolute Gasteiger partial charge is 0.404 e. The monoisotopic (exact) mass is 806 g/mol. The van der Waals surface area contributed by atoms with Crippen molar-refractivity contribution < 1.29 is 42.7 Å². The van der Waals surface area contributed by atoms with Gasteiger partial charge in [0.2, 0.25) is 5.91 Å². The van der Waals surface area contributed by atoms with Gasteiger partial charge in [-0.3, -0.25) is 14.4 Å². The molecule has 15 nitrogen and oxygen atoms in total.